The van der Waals surface area contributed by atoms with E-state index in [0.29, 0.717) is 6.04 Å². The molecule has 0 bridgehead atoms. The molecule has 1 nitrogen and oxygen atoms in total. The summed E-state index contributed by atoms with van der Waals surface area (Å²) < 4.78 is 0. The van der Waals surface area contributed by atoms with Crippen molar-refractivity contribution < 1.29 is 0 Å². The lowest BCUT2D eigenvalue weighted by molar-refractivity contribution is 0.513. The Morgan fingerprint density at radius 2 is 2.20 bits per heavy atom. The van der Waals surface area contributed by atoms with Gasteiger partial charge in [-0.15, -0.1) is 0 Å². The first kappa shape index (κ1) is 9.68. The fourth-order valence-corrected chi connectivity index (χ4v) is 2.74. The van der Waals surface area contributed by atoms with Crippen molar-refractivity contribution in [1.29, 1.82) is 0 Å². The summed E-state index contributed by atoms with van der Waals surface area (Å²) in [6, 6.07) is 7.61. The third-order valence-electron chi connectivity index (χ3n) is 3.71. The molecule has 1 saturated carbocycles. The van der Waals surface area contributed by atoms with Crippen LogP contribution in [0.4, 0.5) is 0 Å². The van der Waals surface area contributed by atoms with Crippen LogP contribution in [0, 0.1) is 5.92 Å². The van der Waals surface area contributed by atoms with Gasteiger partial charge in [-0.05, 0) is 48.4 Å². The van der Waals surface area contributed by atoms with Crippen LogP contribution in [-0.4, -0.2) is 6.04 Å². The van der Waals surface area contributed by atoms with Crippen molar-refractivity contribution in [1.82, 2.24) is 5.32 Å². The molecule has 1 aromatic carbocycles. The molecule has 15 heavy (non-hydrogen) atoms. The predicted octanol–water partition coefficient (Wildman–Crippen LogP) is 3.33. The molecule has 2 heteroatoms. The summed E-state index contributed by atoms with van der Waals surface area (Å²) in [5.74, 6) is 0.869. The van der Waals surface area contributed by atoms with Gasteiger partial charge in [0.05, 0.1) is 0 Å². The third-order valence-corrected chi connectivity index (χ3v) is 3.95. The number of benzene rings is 1. The average Bonchev–Trinajstić information content (AvgIpc) is 2.74. The van der Waals surface area contributed by atoms with E-state index in [1.165, 1.54) is 30.4 Å². The van der Waals surface area contributed by atoms with Crippen LogP contribution >= 0.6 is 11.6 Å². The minimum absolute atomic E-state index is 0.550. The largest absolute Gasteiger partial charge is 0.307 e. The van der Waals surface area contributed by atoms with Gasteiger partial charge in [-0.2, -0.15) is 0 Å². The van der Waals surface area contributed by atoms with Crippen LogP contribution in [0.2, 0.25) is 5.02 Å². The summed E-state index contributed by atoms with van der Waals surface area (Å²) in [4.78, 5) is 0. The fourth-order valence-electron chi connectivity index (χ4n) is 2.56. The summed E-state index contributed by atoms with van der Waals surface area (Å²) in [5.41, 5.74) is 2.91. The molecule has 2 aliphatic carbocycles. The van der Waals surface area contributed by atoms with Crippen LogP contribution in [0.25, 0.3) is 0 Å². The molecule has 0 amide bonds. The van der Waals surface area contributed by atoms with Crippen LogP contribution in [0.5, 0.6) is 0 Å². The van der Waals surface area contributed by atoms with Crippen molar-refractivity contribution in [2.45, 2.75) is 38.3 Å². The van der Waals surface area contributed by atoms with Crippen LogP contribution in [0.15, 0.2) is 18.2 Å². The van der Waals surface area contributed by atoms with E-state index < -0.39 is 0 Å². The number of rotatable bonds is 2. The van der Waals surface area contributed by atoms with Gasteiger partial charge in [0.25, 0.3) is 0 Å². The van der Waals surface area contributed by atoms with Crippen molar-refractivity contribution in [3.63, 3.8) is 0 Å². The lowest BCUT2D eigenvalue weighted by Crippen LogP contribution is -2.22. The highest BCUT2D eigenvalue weighted by atomic mass is 35.5. The predicted molar refractivity (Wildman–Crippen MR) is 63.2 cm³/mol. The van der Waals surface area contributed by atoms with Crippen LogP contribution in [-0.2, 0) is 6.42 Å². The topological polar surface area (TPSA) is 12.0 Å². The first-order valence-electron chi connectivity index (χ1n) is 5.78. The van der Waals surface area contributed by atoms with E-state index in [-0.39, 0.29) is 0 Å². The van der Waals surface area contributed by atoms with Crippen LogP contribution in [0.1, 0.15) is 36.9 Å². The zero-order valence-corrected chi connectivity index (χ0v) is 9.72. The van der Waals surface area contributed by atoms with Gasteiger partial charge < -0.3 is 5.32 Å². The minimum atomic E-state index is 0.550. The molecule has 0 saturated heterocycles. The maximum atomic E-state index is 6.04. The quantitative estimate of drug-likeness (QED) is 0.808. The van der Waals surface area contributed by atoms with Gasteiger partial charge >= 0.3 is 0 Å². The summed E-state index contributed by atoms with van der Waals surface area (Å²) in [5, 5.41) is 4.59. The zero-order chi connectivity index (χ0) is 10.4. The normalized spacial score (nSPS) is 32.8. The molecule has 2 aliphatic rings. The molecule has 0 heterocycles. The second-order valence-electron chi connectivity index (χ2n) is 4.92. The van der Waals surface area contributed by atoms with E-state index >= 15 is 0 Å². The second-order valence-corrected chi connectivity index (χ2v) is 5.36. The smallest absolute Gasteiger partial charge is 0.0409 e. The van der Waals surface area contributed by atoms with E-state index in [1.807, 2.05) is 6.07 Å². The number of hydrogen-bond acceptors (Lipinski definition) is 1. The first-order valence-corrected chi connectivity index (χ1v) is 6.16. The highest BCUT2D eigenvalue weighted by Gasteiger charge is 2.35. The maximum Gasteiger partial charge on any atom is 0.0409 e. The Hall–Kier alpha value is -0.530. The van der Waals surface area contributed by atoms with Crippen molar-refractivity contribution in [2.75, 3.05) is 0 Å². The Bertz CT molecular complexity index is 388. The SMILES string of the molecule is CC1CC1NC1CCc2ccc(Cl)cc21. The lowest BCUT2D eigenvalue weighted by Gasteiger charge is -2.13. The first-order chi connectivity index (χ1) is 7.24. The van der Waals surface area contributed by atoms with E-state index in [4.69, 9.17) is 11.6 Å². The summed E-state index contributed by atoms with van der Waals surface area (Å²) in [6.07, 6.45) is 3.77. The molecule has 1 fully saturated rings. The van der Waals surface area contributed by atoms with Gasteiger partial charge in [-0.1, -0.05) is 24.6 Å². The molecule has 0 aromatic heterocycles. The standard InChI is InChI=1S/C13H16ClN/c1-8-6-13(8)15-12-5-3-9-2-4-10(14)7-11(9)12/h2,4,7-8,12-13,15H,3,5-6H2,1H3. The second kappa shape index (κ2) is 3.50. The molecule has 3 atom stereocenters. The van der Waals surface area contributed by atoms with Crippen molar-refractivity contribution in [3.05, 3.63) is 34.3 Å². The fraction of sp³-hybridized carbons (Fsp3) is 0.538. The van der Waals surface area contributed by atoms with Gasteiger partial charge in [0, 0.05) is 17.1 Å². The Labute approximate surface area is 95.8 Å². The molecule has 0 aliphatic heterocycles. The Kier molecular flexibility index (Phi) is 2.26. The zero-order valence-electron chi connectivity index (χ0n) is 8.96. The highest BCUT2D eigenvalue weighted by Crippen LogP contribution is 2.37. The molecule has 0 radical (unpaired) electrons. The van der Waals surface area contributed by atoms with Gasteiger partial charge in [0.15, 0.2) is 0 Å². The number of aryl methyl sites for hydroxylation is 1. The summed E-state index contributed by atoms with van der Waals surface area (Å²) in [7, 11) is 0. The average molecular weight is 222 g/mol. The lowest BCUT2D eigenvalue weighted by atomic mass is 10.1. The molecule has 3 rings (SSSR count). The van der Waals surface area contributed by atoms with E-state index in [1.54, 1.807) is 0 Å². The molecular formula is C13H16ClN. The van der Waals surface area contributed by atoms with E-state index in [9.17, 15) is 0 Å². The van der Waals surface area contributed by atoms with E-state index in [2.05, 4.69) is 24.4 Å². The molecule has 3 unspecified atom stereocenters. The maximum absolute atomic E-state index is 6.04. The molecule has 80 valence electrons. The van der Waals surface area contributed by atoms with Crippen molar-refractivity contribution in [2.24, 2.45) is 5.92 Å². The number of fused-ring (bicyclic) bond motifs is 1. The van der Waals surface area contributed by atoms with Crippen molar-refractivity contribution in [3.8, 4) is 0 Å². The van der Waals surface area contributed by atoms with Gasteiger partial charge in [-0.25, -0.2) is 0 Å². The number of hydrogen-bond donors (Lipinski definition) is 1. The van der Waals surface area contributed by atoms with Crippen LogP contribution < -0.4 is 5.32 Å². The Balaban J connectivity index is 1.81. The summed E-state index contributed by atoms with van der Waals surface area (Å²) in [6.45, 7) is 2.31. The van der Waals surface area contributed by atoms with E-state index in [0.717, 1.165) is 17.0 Å². The molecule has 1 aromatic rings. The number of halogens is 1. The number of nitrogens with one attached hydrogen (secondary N) is 1. The Morgan fingerprint density at radius 1 is 1.40 bits per heavy atom. The van der Waals surface area contributed by atoms with Crippen LogP contribution in [0.3, 0.4) is 0 Å². The Morgan fingerprint density at radius 3 is 2.93 bits per heavy atom. The summed E-state index contributed by atoms with van der Waals surface area (Å²) >= 11 is 6.04. The molecular weight excluding hydrogens is 206 g/mol. The van der Waals surface area contributed by atoms with Gasteiger partial charge in [0.2, 0.25) is 0 Å². The third kappa shape index (κ3) is 1.79. The highest BCUT2D eigenvalue weighted by molar-refractivity contribution is 6.30. The van der Waals surface area contributed by atoms with Gasteiger partial charge in [0.1, 0.15) is 0 Å². The molecule has 1 N–H and O–H groups in total. The molecule has 0 spiro atoms. The minimum Gasteiger partial charge on any atom is -0.307 e. The van der Waals surface area contributed by atoms with Gasteiger partial charge in [-0.3, -0.25) is 0 Å². The van der Waals surface area contributed by atoms with Crippen molar-refractivity contribution >= 4 is 11.6 Å². The monoisotopic (exact) mass is 221 g/mol.